The Bertz CT molecular complexity index is 550. The van der Waals surface area contributed by atoms with Crippen molar-refractivity contribution in [3.05, 3.63) is 51.5 Å². The van der Waals surface area contributed by atoms with Crippen molar-refractivity contribution < 1.29 is 0 Å². The normalized spacial score (nSPS) is 19.1. The fourth-order valence-electron chi connectivity index (χ4n) is 2.22. The molecule has 0 saturated carbocycles. The van der Waals surface area contributed by atoms with E-state index in [1.165, 1.54) is 5.69 Å². The summed E-state index contributed by atoms with van der Waals surface area (Å²) in [6.07, 6.45) is 2.69. The summed E-state index contributed by atoms with van der Waals surface area (Å²) in [5, 5.41) is 4.60. The van der Waals surface area contributed by atoms with Crippen LogP contribution in [0.2, 0.25) is 10.0 Å². The van der Waals surface area contributed by atoms with Gasteiger partial charge in [0.2, 0.25) is 0 Å². The number of halogens is 2. The summed E-state index contributed by atoms with van der Waals surface area (Å²) in [7, 11) is 0. The molecule has 88 valence electrons. The Morgan fingerprint density at radius 3 is 3.06 bits per heavy atom. The van der Waals surface area contributed by atoms with Gasteiger partial charge in [-0.3, -0.25) is 0 Å². The lowest BCUT2D eigenvalue weighted by molar-refractivity contribution is 0.553. The maximum Gasteiger partial charge on any atom is 0.0926 e. The summed E-state index contributed by atoms with van der Waals surface area (Å²) >= 11 is 12.3. The standard InChI is InChI=1S/C12H11Cl2N3/c13-8-3-1-2-7(10(8)14)11-12-9(4-5-15-11)16-6-17-12/h1-3,6,11,15H,4-5H2,(H,16,17)/t11-/m1/s1. The molecule has 1 aromatic carbocycles. The lowest BCUT2D eigenvalue weighted by Gasteiger charge is -2.24. The first-order chi connectivity index (χ1) is 8.27. The second kappa shape index (κ2) is 4.33. The van der Waals surface area contributed by atoms with Gasteiger partial charge in [0.15, 0.2) is 0 Å². The van der Waals surface area contributed by atoms with Gasteiger partial charge in [-0.15, -0.1) is 0 Å². The Balaban J connectivity index is 2.10. The fourth-order valence-corrected chi connectivity index (χ4v) is 2.64. The molecule has 17 heavy (non-hydrogen) atoms. The lowest BCUT2D eigenvalue weighted by Crippen LogP contribution is -2.30. The zero-order chi connectivity index (χ0) is 11.8. The number of nitrogens with one attached hydrogen (secondary N) is 2. The Morgan fingerprint density at radius 1 is 1.29 bits per heavy atom. The largest absolute Gasteiger partial charge is 0.348 e. The highest BCUT2D eigenvalue weighted by Gasteiger charge is 2.25. The summed E-state index contributed by atoms with van der Waals surface area (Å²) in [5.74, 6) is 0. The van der Waals surface area contributed by atoms with Crippen molar-refractivity contribution in [1.29, 1.82) is 0 Å². The zero-order valence-electron chi connectivity index (χ0n) is 9.00. The zero-order valence-corrected chi connectivity index (χ0v) is 10.5. The molecule has 3 nitrogen and oxygen atoms in total. The molecule has 2 N–H and O–H groups in total. The number of H-pyrrole nitrogens is 1. The van der Waals surface area contributed by atoms with Crippen molar-refractivity contribution in [2.24, 2.45) is 0 Å². The molecular formula is C12H11Cl2N3. The minimum atomic E-state index is 0.0243. The highest BCUT2D eigenvalue weighted by Crippen LogP contribution is 2.34. The van der Waals surface area contributed by atoms with Gasteiger partial charge in [0.1, 0.15) is 0 Å². The molecule has 1 aromatic heterocycles. The topological polar surface area (TPSA) is 40.7 Å². The van der Waals surface area contributed by atoms with Crippen LogP contribution in [0, 0.1) is 0 Å². The molecular weight excluding hydrogens is 257 g/mol. The van der Waals surface area contributed by atoms with E-state index in [1.807, 2.05) is 12.1 Å². The van der Waals surface area contributed by atoms with Gasteiger partial charge in [-0.05, 0) is 11.6 Å². The van der Waals surface area contributed by atoms with E-state index in [2.05, 4.69) is 15.3 Å². The highest BCUT2D eigenvalue weighted by atomic mass is 35.5. The minimum Gasteiger partial charge on any atom is -0.348 e. The van der Waals surface area contributed by atoms with Crippen LogP contribution < -0.4 is 5.32 Å². The van der Waals surface area contributed by atoms with E-state index in [9.17, 15) is 0 Å². The van der Waals surface area contributed by atoms with Gasteiger partial charge < -0.3 is 10.3 Å². The molecule has 0 fully saturated rings. The molecule has 2 heterocycles. The number of hydrogen-bond acceptors (Lipinski definition) is 2. The first kappa shape index (κ1) is 11.1. The summed E-state index contributed by atoms with van der Waals surface area (Å²) in [6, 6.07) is 5.71. The second-order valence-corrected chi connectivity index (χ2v) is 4.83. The minimum absolute atomic E-state index is 0.0243. The predicted molar refractivity (Wildman–Crippen MR) is 68.6 cm³/mol. The molecule has 0 spiro atoms. The van der Waals surface area contributed by atoms with Crippen molar-refractivity contribution in [1.82, 2.24) is 15.3 Å². The van der Waals surface area contributed by atoms with Gasteiger partial charge in [-0.2, -0.15) is 0 Å². The van der Waals surface area contributed by atoms with Crippen molar-refractivity contribution in [2.45, 2.75) is 12.5 Å². The summed E-state index contributed by atoms with van der Waals surface area (Å²) < 4.78 is 0. The van der Waals surface area contributed by atoms with Crippen LogP contribution in [-0.4, -0.2) is 16.5 Å². The van der Waals surface area contributed by atoms with Crippen molar-refractivity contribution in [3.63, 3.8) is 0 Å². The number of imidazole rings is 1. The van der Waals surface area contributed by atoms with E-state index < -0.39 is 0 Å². The number of hydrogen-bond donors (Lipinski definition) is 2. The molecule has 1 aliphatic rings. The molecule has 2 aromatic rings. The Hall–Kier alpha value is -1.03. The first-order valence-electron chi connectivity index (χ1n) is 5.47. The van der Waals surface area contributed by atoms with Crippen LogP contribution in [0.5, 0.6) is 0 Å². The molecule has 1 aliphatic heterocycles. The Morgan fingerprint density at radius 2 is 2.18 bits per heavy atom. The van der Waals surface area contributed by atoms with Crippen LogP contribution in [0.25, 0.3) is 0 Å². The fraction of sp³-hybridized carbons (Fsp3) is 0.250. The Labute approximate surface area is 109 Å². The third-order valence-corrected chi connectivity index (χ3v) is 3.87. The van der Waals surface area contributed by atoms with Gasteiger partial charge >= 0.3 is 0 Å². The highest BCUT2D eigenvalue weighted by molar-refractivity contribution is 6.42. The molecule has 0 unspecified atom stereocenters. The van der Waals surface area contributed by atoms with E-state index in [0.29, 0.717) is 10.0 Å². The van der Waals surface area contributed by atoms with Crippen molar-refractivity contribution in [3.8, 4) is 0 Å². The van der Waals surface area contributed by atoms with E-state index in [1.54, 1.807) is 12.4 Å². The molecule has 0 aliphatic carbocycles. The molecule has 0 amide bonds. The summed E-state index contributed by atoms with van der Waals surface area (Å²) in [4.78, 5) is 7.53. The molecule has 0 radical (unpaired) electrons. The molecule has 0 saturated heterocycles. The molecule has 3 rings (SSSR count). The van der Waals surface area contributed by atoms with Gasteiger partial charge in [0.25, 0.3) is 0 Å². The third-order valence-electron chi connectivity index (χ3n) is 3.04. The number of rotatable bonds is 1. The van der Waals surface area contributed by atoms with Crippen LogP contribution in [0.1, 0.15) is 23.0 Å². The van der Waals surface area contributed by atoms with Crippen LogP contribution in [0.4, 0.5) is 0 Å². The van der Waals surface area contributed by atoms with Gasteiger partial charge in [-0.1, -0.05) is 35.3 Å². The van der Waals surface area contributed by atoms with E-state index in [0.717, 1.165) is 24.2 Å². The van der Waals surface area contributed by atoms with Gasteiger partial charge in [0, 0.05) is 18.7 Å². The van der Waals surface area contributed by atoms with Crippen LogP contribution in [0.3, 0.4) is 0 Å². The summed E-state index contributed by atoms with van der Waals surface area (Å²) in [6.45, 7) is 0.905. The number of benzene rings is 1. The summed E-state index contributed by atoms with van der Waals surface area (Å²) in [5.41, 5.74) is 3.16. The van der Waals surface area contributed by atoms with Crippen LogP contribution >= 0.6 is 23.2 Å². The van der Waals surface area contributed by atoms with Crippen molar-refractivity contribution >= 4 is 23.2 Å². The van der Waals surface area contributed by atoms with E-state index in [-0.39, 0.29) is 6.04 Å². The maximum atomic E-state index is 6.25. The average molecular weight is 268 g/mol. The molecule has 1 atom stereocenters. The van der Waals surface area contributed by atoms with E-state index >= 15 is 0 Å². The predicted octanol–water partition coefficient (Wildman–Crippen LogP) is 2.95. The van der Waals surface area contributed by atoms with Gasteiger partial charge in [-0.25, -0.2) is 4.98 Å². The number of aromatic amines is 1. The Kier molecular flexibility index (Phi) is 2.82. The second-order valence-electron chi connectivity index (χ2n) is 4.05. The van der Waals surface area contributed by atoms with Crippen LogP contribution in [-0.2, 0) is 6.42 Å². The monoisotopic (exact) mass is 267 g/mol. The smallest absolute Gasteiger partial charge is 0.0926 e. The number of fused-ring (bicyclic) bond motifs is 1. The maximum absolute atomic E-state index is 6.25. The number of aromatic nitrogens is 2. The SMILES string of the molecule is Clc1cccc([C@H]2NCCc3[nH]cnc32)c1Cl. The molecule has 0 bridgehead atoms. The van der Waals surface area contributed by atoms with Crippen molar-refractivity contribution in [2.75, 3.05) is 6.54 Å². The first-order valence-corrected chi connectivity index (χ1v) is 6.22. The number of nitrogens with zero attached hydrogens (tertiary/aromatic N) is 1. The quantitative estimate of drug-likeness (QED) is 0.834. The third kappa shape index (κ3) is 1.84. The average Bonchev–Trinajstić information content (AvgIpc) is 2.81. The lowest BCUT2D eigenvalue weighted by atomic mass is 9.98. The van der Waals surface area contributed by atoms with Crippen LogP contribution in [0.15, 0.2) is 24.5 Å². The van der Waals surface area contributed by atoms with E-state index in [4.69, 9.17) is 23.2 Å². The molecule has 5 heteroatoms. The van der Waals surface area contributed by atoms with Gasteiger partial charge in [0.05, 0.1) is 28.1 Å².